The second-order valence-corrected chi connectivity index (χ2v) is 13.6. The first-order chi connectivity index (χ1) is 21.6. The summed E-state index contributed by atoms with van der Waals surface area (Å²) in [6, 6.07) is 14.5. The first kappa shape index (κ1) is 35.7. The second kappa shape index (κ2) is 14.7. The van der Waals surface area contributed by atoms with Crippen molar-refractivity contribution in [3.8, 4) is 11.8 Å². The van der Waals surface area contributed by atoms with Gasteiger partial charge in [0.15, 0.2) is 0 Å². The van der Waals surface area contributed by atoms with E-state index in [1.807, 2.05) is 56.3 Å². The number of aliphatic hydroxyl groups is 3. The summed E-state index contributed by atoms with van der Waals surface area (Å²) < 4.78 is 39.2. The van der Waals surface area contributed by atoms with Gasteiger partial charge >= 0.3 is 0 Å². The van der Waals surface area contributed by atoms with Gasteiger partial charge in [-0.2, -0.15) is 5.26 Å². The van der Waals surface area contributed by atoms with Gasteiger partial charge in [0, 0.05) is 12.0 Å². The van der Waals surface area contributed by atoms with Gasteiger partial charge in [-0.3, -0.25) is 4.79 Å². The molecule has 11 heteroatoms. The van der Waals surface area contributed by atoms with E-state index in [1.165, 1.54) is 5.56 Å². The normalized spacial score (nSPS) is 26.3. The molecule has 0 radical (unpaired) electrons. The fourth-order valence-corrected chi connectivity index (χ4v) is 6.17. The van der Waals surface area contributed by atoms with Crippen molar-refractivity contribution in [2.24, 2.45) is 0 Å². The highest BCUT2D eigenvalue weighted by Crippen LogP contribution is 2.35. The Morgan fingerprint density at radius 3 is 2.50 bits per heavy atom. The van der Waals surface area contributed by atoms with Crippen molar-refractivity contribution in [3.05, 3.63) is 64.7 Å². The zero-order chi connectivity index (χ0) is 33.8. The molecule has 46 heavy (non-hydrogen) atoms. The molecule has 4 N–H and O–H groups in total. The van der Waals surface area contributed by atoms with Crippen LogP contribution in [0.3, 0.4) is 0 Å². The topological polar surface area (TPSA) is 135 Å². The number of aliphatic hydroxyl groups excluding tert-OH is 3. The zero-order valence-corrected chi connectivity index (χ0v) is 27.2. The van der Waals surface area contributed by atoms with Crippen molar-refractivity contribution >= 4 is 5.91 Å². The molecule has 0 spiro atoms. The van der Waals surface area contributed by atoms with Crippen molar-refractivity contribution in [2.75, 3.05) is 19.7 Å². The molecule has 1 amide bonds. The summed E-state index contributed by atoms with van der Waals surface area (Å²) in [5.74, 6) is -2.55. The molecule has 0 saturated carbocycles. The van der Waals surface area contributed by atoms with Crippen LogP contribution in [0.15, 0.2) is 42.5 Å². The summed E-state index contributed by atoms with van der Waals surface area (Å²) in [5, 5.41) is 43.3. The van der Waals surface area contributed by atoms with Crippen LogP contribution < -0.4 is 10.1 Å². The van der Waals surface area contributed by atoms with Gasteiger partial charge in [0.25, 0.3) is 5.92 Å². The largest absolute Gasteiger partial charge is 0.494 e. The van der Waals surface area contributed by atoms with E-state index < -0.39 is 66.9 Å². The SMILES string of the molecule is CC(C)c1ccc([C@@H]2O[C@H](C)[C@@H](O)[C@H](O)[C@H]2O)cc1Cc1ccc(OCCCC(C)(C)NCC(=O)N2CC(F)(F)C[C@H]2C#N)cc1. The van der Waals surface area contributed by atoms with Gasteiger partial charge in [-0.15, -0.1) is 0 Å². The monoisotopic (exact) mass is 643 g/mol. The van der Waals surface area contributed by atoms with Crippen LogP contribution in [-0.4, -0.2) is 87.7 Å². The lowest BCUT2D eigenvalue weighted by Crippen LogP contribution is -2.53. The summed E-state index contributed by atoms with van der Waals surface area (Å²) >= 11 is 0. The van der Waals surface area contributed by atoms with E-state index in [1.54, 1.807) is 13.0 Å². The summed E-state index contributed by atoms with van der Waals surface area (Å²) in [6.07, 6.45) is -3.66. The third-order valence-corrected chi connectivity index (χ3v) is 8.96. The van der Waals surface area contributed by atoms with E-state index in [0.29, 0.717) is 25.9 Å². The van der Waals surface area contributed by atoms with E-state index in [-0.39, 0.29) is 12.5 Å². The molecule has 2 saturated heterocycles. The summed E-state index contributed by atoms with van der Waals surface area (Å²) in [4.78, 5) is 13.5. The number of alkyl halides is 2. The minimum Gasteiger partial charge on any atom is -0.494 e. The Hall–Kier alpha value is -3.14. The minimum atomic E-state index is -3.03. The Labute approximate surface area is 270 Å². The molecule has 9 nitrogen and oxygen atoms in total. The number of likely N-dealkylation sites (tertiary alicyclic amines) is 1. The molecular weight excluding hydrogens is 596 g/mol. The van der Waals surface area contributed by atoms with E-state index in [9.17, 15) is 28.9 Å². The average Bonchev–Trinajstić information content (AvgIpc) is 3.34. The Balaban J connectivity index is 1.28. The summed E-state index contributed by atoms with van der Waals surface area (Å²) in [7, 11) is 0. The standard InChI is InChI=1S/C35H47F2N3O6/c1-21(2)28-12-9-24(33-32(44)31(43)30(42)22(3)46-33)16-25(28)15-23-7-10-27(11-8-23)45-14-6-13-34(4,5)39-19-29(41)40-20-35(36,37)17-26(40)18-38/h7-12,16,21-22,26,30-33,39,42-44H,6,13-15,17,19-20H2,1-5H3/t22-,26+,30-,31+,32-,33+/m1/s1. The van der Waals surface area contributed by atoms with Crippen molar-refractivity contribution < 1.29 is 38.4 Å². The van der Waals surface area contributed by atoms with E-state index >= 15 is 0 Å². The van der Waals surface area contributed by atoms with Crippen LogP contribution >= 0.6 is 0 Å². The highest BCUT2D eigenvalue weighted by molar-refractivity contribution is 5.79. The highest BCUT2D eigenvalue weighted by Gasteiger charge is 2.47. The molecule has 2 aromatic carbocycles. The molecule has 2 aliphatic rings. The van der Waals surface area contributed by atoms with Gasteiger partial charge in [-0.1, -0.05) is 44.2 Å². The van der Waals surface area contributed by atoms with Crippen LogP contribution in [0.5, 0.6) is 5.75 Å². The molecule has 252 valence electrons. The van der Waals surface area contributed by atoms with Crippen LogP contribution in [0.4, 0.5) is 8.78 Å². The van der Waals surface area contributed by atoms with Gasteiger partial charge in [0.1, 0.15) is 36.2 Å². The van der Waals surface area contributed by atoms with Gasteiger partial charge in [-0.05, 0) is 80.3 Å². The Morgan fingerprint density at radius 1 is 1.15 bits per heavy atom. The number of carbonyl (C=O) groups excluding carboxylic acids is 1. The van der Waals surface area contributed by atoms with Crippen LogP contribution in [0.2, 0.25) is 0 Å². The number of carbonyl (C=O) groups is 1. The number of benzene rings is 2. The lowest BCUT2D eigenvalue weighted by Gasteiger charge is -2.39. The fraction of sp³-hybridized carbons (Fsp3) is 0.600. The number of ether oxygens (including phenoxy) is 2. The number of hydrogen-bond donors (Lipinski definition) is 4. The third kappa shape index (κ3) is 8.81. The molecule has 2 aliphatic heterocycles. The molecule has 2 heterocycles. The van der Waals surface area contributed by atoms with Gasteiger partial charge < -0.3 is 35.0 Å². The molecule has 0 bridgehead atoms. The smallest absolute Gasteiger partial charge is 0.268 e. The van der Waals surface area contributed by atoms with Gasteiger partial charge in [0.05, 0.1) is 31.9 Å². The maximum Gasteiger partial charge on any atom is 0.268 e. The quantitative estimate of drug-likeness (QED) is 0.253. The van der Waals surface area contributed by atoms with E-state index in [4.69, 9.17) is 14.7 Å². The first-order valence-electron chi connectivity index (χ1n) is 16.0. The predicted molar refractivity (Wildman–Crippen MR) is 169 cm³/mol. The molecule has 4 rings (SSSR count). The molecule has 0 unspecified atom stereocenters. The molecule has 2 aromatic rings. The van der Waals surface area contributed by atoms with Crippen LogP contribution in [0, 0.1) is 11.3 Å². The lowest BCUT2D eigenvalue weighted by atomic mass is 9.87. The maximum absolute atomic E-state index is 13.7. The minimum absolute atomic E-state index is 0.122. The number of nitrogens with one attached hydrogen (secondary N) is 1. The van der Waals surface area contributed by atoms with Crippen LogP contribution in [0.1, 0.15) is 88.2 Å². The fourth-order valence-electron chi connectivity index (χ4n) is 6.17. The van der Waals surface area contributed by atoms with Crippen molar-refractivity contribution in [3.63, 3.8) is 0 Å². The molecule has 0 aliphatic carbocycles. The number of nitriles is 1. The molecule has 2 fully saturated rings. The van der Waals surface area contributed by atoms with Crippen molar-refractivity contribution in [2.45, 2.75) is 114 Å². The molecular formula is C35H47F2N3O6. The highest BCUT2D eigenvalue weighted by atomic mass is 19.3. The van der Waals surface area contributed by atoms with Gasteiger partial charge in [0.2, 0.25) is 5.91 Å². The number of hydrogen-bond acceptors (Lipinski definition) is 8. The zero-order valence-electron chi connectivity index (χ0n) is 27.2. The maximum atomic E-state index is 13.7. The third-order valence-electron chi connectivity index (χ3n) is 8.96. The second-order valence-electron chi connectivity index (χ2n) is 13.6. The number of rotatable bonds is 12. The van der Waals surface area contributed by atoms with Crippen LogP contribution in [0.25, 0.3) is 0 Å². The number of halogens is 2. The first-order valence-corrected chi connectivity index (χ1v) is 16.0. The number of amides is 1. The van der Waals surface area contributed by atoms with Crippen molar-refractivity contribution in [1.82, 2.24) is 10.2 Å². The van der Waals surface area contributed by atoms with Gasteiger partial charge in [-0.25, -0.2) is 8.78 Å². The average molecular weight is 644 g/mol. The molecule has 0 aromatic heterocycles. The Kier molecular flexibility index (Phi) is 11.4. The summed E-state index contributed by atoms with van der Waals surface area (Å²) in [5.41, 5.74) is 3.63. The van der Waals surface area contributed by atoms with Crippen LogP contribution in [-0.2, 0) is 16.0 Å². The number of nitrogens with zero attached hydrogens (tertiary/aromatic N) is 2. The lowest BCUT2D eigenvalue weighted by molar-refractivity contribution is -0.219. The molecule has 6 atom stereocenters. The Bertz CT molecular complexity index is 1380. The van der Waals surface area contributed by atoms with E-state index in [0.717, 1.165) is 27.3 Å². The van der Waals surface area contributed by atoms with Crippen molar-refractivity contribution in [1.29, 1.82) is 5.26 Å². The van der Waals surface area contributed by atoms with E-state index in [2.05, 4.69) is 19.2 Å². The Morgan fingerprint density at radius 2 is 1.85 bits per heavy atom. The predicted octanol–water partition coefficient (Wildman–Crippen LogP) is 4.23. The summed E-state index contributed by atoms with van der Waals surface area (Å²) in [6.45, 7) is 9.40.